The first-order chi connectivity index (χ1) is 12.7. The van der Waals surface area contributed by atoms with Gasteiger partial charge in [-0.05, 0) is 35.9 Å². The Morgan fingerprint density at radius 2 is 1.92 bits per heavy atom. The van der Waals surface area contributed by atoms with Gasteiger partial charge in [0.15, 0.2) is 5.65 Å². The highest BCUT2D eigenvalue weighted by Crippen LogP contribution is 2.29. The van der Waals surface area contributed by atoms with E-state index in [0.717, 1.165) is 12.0 Å². The van der Waals surface area contributed by atoms with Crippen LogP contribution in [0.1, 0.15) is 5.56 Å². The lowest BCUT2D eigenvalue weighted by Crippen LogP contribution is -2.05. The Hall–Kier alpha value is -3.05. The number of fused-ring (bicyclic) bond motifs is 1. The topological polar surface area (TPSA) is 59.7 Å². The van der Waals surface area contributed by atoms with E-state index in [0.29, 0.717) is 34.4 Å². The van der Waals surface area contributed by atoms with Crippen molar-refractivity contribution in [1.29, 1.82) is 0 Å². The molecule has 6 heteroatoms. The number of halogens is 1. The Bertz CT molecular complexity index is 1060. The van der Waals surface area contributed by atoms with Gasteiger partial charge in [0.2, 0.25) is 5.88 Å². The number of phenolic OH excluding ortho intramolecular Hbond substituents is 1. The van der Waals surface area contributed by atoms with Gasteiger partial charge in [-0.15, -0.1) is 5.10 Å². The zero-order valence-electron chi connectivity index (χ0n) is 13.8. The molecule has 26 heavy (non-hydrogen) atoms. The summed E-state index contributed by atoms with van der Waals surface area (Å²) in [6, 6.07) is 18.4. The largest absolute Gasteiger partial charge is 0.507 e. The average Bonchev–Trinajstić information content (AvgIpc) is 3.05. The van der Waals surface area contributed by atoms with Gasteiger partial charge in [0.05, 0.1) is 18.5 Å². The summed E-state index contributed by atoms with van der Waals surface area (Å²) < 4.78 is 7.45. The van der Waals surface area contributed by atoms with Gasteiger partial charge < -0.3 is 9.84 Å². The monoisotopic (exact) mass is 365 g/mol. The van der Waals surface area contributed by atoms with Gasteiger partial charge in [0.1, 0.15) is 5.75 Å². The fourth-order valence-corrected chi connectivity index (χ4v) is 2.99. The fourth-order valence-electron chi connectivity index (χ4n) is 2.77. The number of hydrogen-bond donors (Lipinski definition) is 1. The molecule has 0 saturated carbocycles. The van der Waals surface area contributed by atoms with Gasteiger partial charge in [-0.25, -0.2) is 9.50 Å². The second kappa shape index (κ2) is 7.06. The molecule has 4 rings (SSSR count). The minimum absolute atomic E-state index is 0.184. The Morgan fingerprint density at radius 1 is 1.04 bits per heavy atom. The standard InChI is InChI=1S/C20H16ClN3O2/c21-15-5-3-4-14(12-15)10-11-26-20-9-8-19-22-13-17(24(19)23-20)16-6-1-2-7-18(16)25/h1-9,12-13,25H,10-11H2. The number of rotatable bonds is 5. The number of aromatic hydroxyl groups is 1. The normalized spacial score (nSPS) is 11.0. The molecule has 1 N–H and O–H groups in total. The van der Waals surface area contributed by atoms with E-state index in [1.165, 1.54) is 0 Å². The molecule has 2 heterocycles. The third-order valence-corrected chi connectivity index (χ3v) is 4.28. The van der Waals surface area contributed by atoms with Gasteiger partial charge in [-0.2, -0.15) is 0 Å². The molecule has 4 aromatic rings. The van der Waals surface area contributed by atoms with E-state index in [1.54, 1.807) is 28.9 Å². The second-order valence-corrected chi connectivity index (χ2v) is 6.27. The van der Waals surface area contributed by atoms with Crippen LogP contribution in [0.15, 0.2) is 66.9 Å². The van der Waals surface area contributed by atoms with Crippen molar-refractivity contribution in [3.8, 4) is 22.9 Å². The molecule has 0 fully saturated rings. The number of imidazole rings is 1. The quantitative estimate of drug-likeness (QED) is 0.570. The number of nitrogens with zero attached hydrogens (tertiary/aromatic N) is 3. The number of para-hydroxylation sites is 1. The molecule has 2 aromatic carbocycles. The van der Waals surface area contributed by atoms with Crippen LogP contribution in [0.25, 0.3) is 16.9 Å². The van der Waals surface area contributed by atoms with Gasteiger partial charge in [-0.1, -0.05) is 35.9 Å². The molecular weight excluding hydrogens is 350 g/mol. The maximum atomic E-state index is 10.1. The predicted molar refractivity (Wildman–Crippen MR) is 101 cm³/mol. The van der Waals surface area contributed by atoms with Crippen molar-refractivity contribution in [2.45, 2.75) is 6.42 Å². The number of aromatic nitrogens is 3. The molecule has 0 bridgehead atoms. The summed E-state index contributed by atoms with van der Waals surface area (Å²) in [4.78, 5) is 4.33. The van der Waals surface area contributed by atoms with Gasteiger partial charge in [-0.3, -0.25) is 0 Å². The van der Waals surface area contributed by atoms with E-state index in [1.807, 2.05) is 42.5 Å². The van der Waals surface area contributed by atoms with Crippen LogP contribution in [0.3, 0.4) is 0 Å². The van der Waals surface area contributed by atoms with Crippen LogP contribution in [0, 0.1) is 0 Å². The van der Waals surface area contributed by atoms with E-state index < -0.39 is 0 Å². The lowest BCUT2D eigenvalue weighted by atomic mass is 10.1. The zero-order valence-corrected chi connectivity index (χ0v) is 14.6. The maximum absolute atomic E-state index is 10.1. The summed E-state index contributed by atoms with van der Waals surface area (Å²) in [5, 5.41) is 15.3. The van der Waals surface area contributed by atoms with Crippen molar-refractivity contribution in [2.24, 2.45) is 0 Å². The van der Waals surface area contributed by atoms with E-state index in [2.05, 4.69) is 10.1 Å². The minimum Gasteiger partial charge on any atom is -0.507 e. The number of benzene rings is 2. The molecule has 0 aliphatic heterocycles. The van der Waals surface area contributed by atoms with Crippen molar-refractivity contribution in [3.05, 3.63) is 77.4 Å². The number of phenols is 1. The van der Waals surface area contributed by atoms with Crippen LogP contribution in [0.5, 0.6) is 11.6 Å². The molecule has 0 saturated heterocycles. The Kier molecular flexibility index (Phi) is 4.46. The molecule has 0 radical (unpaired) electrons. The van der Waals surface area contributed by atoms with E-state index in [4.69, 9.17) is 16.3 Å². The molecule has 0 aliphatic rings. The lowest BCUT2D eigenvalue weighted by Gasteiger charge is -2.08. The minimum atomic E-state index is 0.184. The van der Waals surface area contributed by atoms with E-state index in [9.17, 15) is 5.11 Å². The summed E-state index contributed by atoms with van der Waals surface area (Å²) in [5.41, 5.74) is 3.17. The zero-order chi connectivity index (χ0) is 17.9. The molecule has 0 unspecified atom stereocenters. The molecule has 0 aliphatic carbocycles. The van der Waals surface area contributed by atoms with Crippen LogP contribution in [0.2, 0.25) is 5.02 Å². The maximum Gasteiger partial charge on any atom is 0.231 e. The molecule has 130 valence electrons. The highest BCUT2D eigenvalue weighted by molar-refractivity contribution is 6.30. The Balaban J connectivity index is 1.55. The van der Waals surface area contributed by atoms with E-state index in [-0.39, 0.29) is 5.75 Å². The highest BCUT2D eigenvalue weighted by atomic mass is 35.5. The van der Waals surface area contributed by atoms with Crippen molar-refractivity contribution in [3.63, 3.8) is 0 Å². The molecule has 0 spiro atoms. The SMILES string of the molecule is Oc1ccccc1-c1cnc2ccc(OCCc3cccc(Cl)c3)nn12. The summed E-state index contributed by atoms with van der Waals surface area (Å²) in [6.07, 6.45) is 2.42. The van der Waals surface area contributed by atoms with Crippen LogP contribution in [0.4, 0.5) is 0 Å². The lowest BCUT2D eigenvalue weighted by molar-refractivity contribution is 0.305. The Morgan fingerprint density at radius 3 is 2.77 bits per heavy atom. The molecule has 2 aromatic heterocycles. The summed E-state index contributed by atoms with van der Waals surface area (Å²) in [6.45, 7) is 0.486. The van der Waals surface area contributed by atoms with Gasteiger partial charge in [0, 0.05) is 23.1 Å². The van der Waals surface area contributed by atoms with Crippen molar-refractivity contribution in [1.82, 2.24) is 14.6 Å². The van der Waals surface area contributed by atoms with Crippen LogP contribution in [-0.2, 0) is 6.42 Å². The number of hydrogen-bond acceptors (Lipinski definition) is 4. The van der Waals surface area contributed by atoms with Crippen molar-refractivity contribution < 1.29 is 9.84 Å². The van der Waals surface area contributed by atoms with Crippen LogP contribution < -0.4 is 4.74 Å². The van der Waals surface area contributed by atoms with Gasteiger partial charge >= 0.3 is 0 Å². The first-order valence-electron chi connectivity index (χ1n) is 8.21. The fraction of sp³-hybridized carbons (Fsp3) is 0.100. The average molecular weight is 366 g/mol. The molecule has 5 nitrogen and oxygen atoms in total. The van der Waals surface area contributed by atoms with Crippen LogP contribution in [-0.4, -0.2) is 26.3 Å². The van der Waals surface area contributed by atoms with Crippen LogP contribution >= 0.6 is 11.6 Å². The molecule has 0 amide bonds. The summed E-state index contributed by atoms with van der Waals surface area (Å²) >= 11 is 6.00. The predicted octanol–water partition coefficient (Wildman–Crippen LogP) is 4.38. The first kappa shape index (κ1) is 16.4. The number of ether oxygens (including phenoxy) is 1. The van der Waals surface area contributed by atoms with Crippen molar-refractivity contribution in [2.75, 3.05) is 6.61 Å². The smallest absolute Gasteiger partial charge is 0.231 e. The van der Waals surface area contributed by atoms with Crippen molar-refractivity contribution >= 4 is 17.2 Å². The third kappa shape index (κ3) is 3.34. The summed E-state index contributed by atoms with van der Waals surface area (Å²) in [7, 11) is 0. The van der Waals surface area contributed by atoms with E-state index >= 15 is 0 Å². The molecular formula is C20H16ClN3O2. The second-order valence-electron chi connectivity index (χ2n) is 5.83. The highest BCUT2D eigenvalue weighted by Gasteiger charge is 2.11. The third-order valence-electron chi connectivity index (χ3n) is 4.05. The summed E-state index contributed by atoms with van der Waals surface area (Å²) in [5.74, 6) is 0.678. The molecule has 0 atom stereocenters. The Labute approximate surface area is 155 Å². The van der Waals surface area contributed by atoms with Gasteiger partial charge in [0.25, 0.3) is 0 Å². The first-order valence-corrected chi connectivity index (χ1v) is 8.59.